The molecule has 0 bridgehead atoms. The Morgan fingerprint density at radius 2 is 1.95 bits per heavy atom. The van der Waals surface area contributed by atoms with Crippen LogP contribution in [0.4, 0.5) is 11.4 Å². The highest BCUT2D eigenvalue weighted by atomic mass is 79.9. The second kappa shape index (κ2) is 6.28. The van der Waals surface area contributed by atoms with E-state index in [1.165, 1.54) is 7.11 Å². The van der Waals surface area contributed by atoms with Crippen molar-refractivity contribution in [2.24, 2.45) is 0 Å². The van der Waals surface area contributed by atoms with E-state index in [4.69, 9.17) is 10.5 Å². The molecular formula is C14H12Br2N2O2. The molecule has 0 saturated heterocycles. The summed E-state index contributed by atoms with van der Waals surface area (Å²) < 4.78 is 6.70. The first-order chi connectivity index (χ1) is 9.52. The predicted molar refractivity (Wildman–Crippen MR) is 87.2 cm³/mol. The lowest BCUT2D eigenvalue weighted by molar-refractivity contribution is 0.102. The van der Waals surface area contributed by atoms with Crippen molar-refractivity contribution in [2.45, 2.75) is 0 Å². The summed E-state index contributed by atoms with van der Waals surface area (Å²) in [5.41, 5.74) is 7.36. The third-order valence-electron chi connectivity index (χ3n) is 2.68. The van der Waals surface area contributed by atoms with Gasteiger partial charge in [0.15, 0.2) is 0 Å². The molecule has 0 heterocycles. The summed E-state index contributed by atoms with van der Waals surface area (Å²) in [5.74, 6) is 0.231. The van der Waals surface area contributed by atoms with Crippen LogP contribution in [-0.4, -0.2) is 13.0 Å². The van der Waals surface area contributed by atoms with Gasteiger partial charge in [-0.1, -0.05) is 28.1 Å². The van der Waals surface area contributed by atoms with Crippen LogP contribution in [0.5, 0.6) is 5.75 Å². The smallest absolute Gasteiger partial charge is 0.259 e. The van der Waals surface area contributed by atoms with Crippen LogP contribution >= 0.6 is 31.9 Å². The average molecular weight is 400 g/mol. The fourth-order valence-electron chi connectivity index (χ4n) is 1.74. The SMILES string of the molecule is COc1ccccc1C(=O)Nc1c(N)cc(Br)cc1Br. The number of para-hydroxylation sites is 1. The number of amides is 1. The number of hydrogen-bond donors (Lipinski definition) is 2. The first-order valence-corrected chi connectivity index (χ1v) is 7.30. The van der Waals surface area contributed by atoms with Gasteiger partial charge >= 0.3 is 0 Å². The maximum atomic E-state index is 12.3. The van der Waals surface area contributed by atoms with E-state index in [-0.39, 0.29) is 5.91 Å². The van der Waals surface area contributed by atoms with Crippen LogP contribution in [0.1, 0.15) is 10.4 Å². The Hall–Kier alpha value is -1.53. The van der Waals surface area contributed by atoms with Crippen molar-refractivity contribution in [3.63, 3.8) is 0 Å². The van der Waals surface area contributed by atoms with Crippen LogP contribution in [-0.2, 0) is 0 Å². The van der Waals surface area contributed by atoms with E-state index >= 15 is 0 Å². The summed E-state index contributed by atoms with van der Waals surface area (Å²) in [6.45, 7) is 0. The maximum Gasteiger partial charge on any atom is 0.259 e. The minimum atomic E-state index is -0.280. The number of nitrogen functional groups attached to an aromatic ring is 1. The molecule has 0 fully saturated rings. The lowest BCUT2D eigenvalue weighted by Crippen LogP contribution is -2.14. The molecule has 6 heteroatoms. The van der Waals surface area contributed by atoms with E-state index in [9.17, 15) is 4.79 Å². The Kier molecular flexibility index (Phi) is 4.67. The topological polar surface area (TPSA) is 64.3 Å². The quantitative estimate of drug-likeness (QED) is 0.765. The van der Waals surface area contributed by atoms with Gasteiger partial charge in [-0.15, -0.1) is 0 Å². The molecule has 0 saturated carbocycles. The van der Waals surface area contributed by atoms with Crippen molar-refractivity contribution in [3.8, 4) is 5.75 Å². The molecular weight excluding hydrogens is 388 g/mol. The Morgan fingerprint density at radius 1 is 1.25 bits per heavy atom. The minimum Gasteiger partial charge on any atom is -0.496 e. The monoisotopic (exact) mass is 398 g/mol. The number of carbonyl (C=O) groups excluding carboxylic acids is 1. The van der Waals surface area contributed by atoms with Crippen LogP contribution in [0.2, 0.25) is 0 Å². The van der Waals surface area contributed by atoms with Gasteiger partial charge in [0.25, 0.3) is 5.91 Å². The Morgan fingerprint density at radius 3 is 2.60 bits per heavy atom. The fourth-order valence-corrected chi connectivity index (χ4v) is 3.10. The van der Waals surface area contributed by atoms with Crippen LogP contribution < -0.4 is 15.8 Å². The van der Waals surface area contributed by atoms with Gasteiger partial charge < -0.3 is 15.8 Å². The molecule has 2 aromatic carbocycles. The number of methoxy groups -OCH3 is 1. The molecule has 104 valence electrons. The molecule has 0 atom stereocenters. The summed E-state index contributed by atoms with van der Waals surface area (Å²) in [7, 11) is 1.52. The number of nitrogens with two attached hydrogens (primary N) is 1. The number of hydrogen-bond acceptors (Lipinski definition) is 3. The summed E-state index contributed by atoms with van der Waals surface area (Å²) in [5, 5.41) is 2.79. The number of nitrogens with one attached hydrogen (secondary N) is 1. The Balaban J connectivity index is 2.33. The van der Waals surface area contributed by atoms with Gasteiger partial charge in [0, 0.05) is 8.95 Å². The lowest BCUT2D eigenvalue weighted by atomic mass is 10.1. The van der Waals surface area contributed by atoms with Crippen LogP contribution in [0.3, 0.4) is 0 Å². The van der Waals surface area contributed by atoms with Crippen molar-refractivity contribution in [1.82, 2.24) is 0 Å². The first kappa shape index (κ1) is 14.9. The molecule has 4 nitrogen and oxygen atoms in total. The van der Waals surface area contributed by atoms with Gasteiger partial charge in [-0.05, 0) is 40.2 Å². The van der Waals surface area contributed by atoms with Gasteiger partial charge in [0.1, 0.15) is 5.75 Å². The van der Waals surface area contributed by atoms with E-state index in [1.807, 2.05) is 6.07 Å². The molecule has 0 aromatic heterocycles. The molecule has 0 aliphatic carbocycles. The third-order valence-corrected chi connectivity index (χ3v) is 3.76. The number of benzene rings is 2. The van der Waals surface area contributed by atoms with E-state index in [0.29, 0.717) is 27.2 Å². The van der Waals surface area contributed by atoms with Crippen molar-refractivity contribution in [2.75, 3.05) is 18.2 Å². The van der Waals surface area contributed by atoms with Crippen molar-refractivity contribution in [3.05, 3.63) is 50.9 Å². The maximum absolute atomic E-state index is 12.3. The highest BCUT2D eigenvalue weighted by Crippen LogP contribution is 2.33. The summed E-state index contributed by atoms with van der Waals surface area (Å²) in [4.78, 5) is 12.3. The van der Waals surface area contributed by atoms with Gasteiger partial charge in [-0.2, -0.15) is 0 Å². The Labute approximate surface area is 133 Å². The third kappa shape index (κ3) is 3.13. The van der Waals surface area contributed by atoms with Gasteiger partial charge in [-0.3, -0.25) is 4.79 Å². The number of ether oxygens (including phenoxy) is 1. The summed E-state index contributed by atoms with van der Waals surface area (Å²) >= 11 is 6.72. The second-order valence-corrected chi connectivity index (χ2v) is 5.78. The highest BCUT2D eigenvalue weighted by molar-refractivity contribution is 9.11. The number of anilines is 2. The molecule has 0 aliphatic rings. The number of halogens is 2. The van der Waals surface area contributed by atoms with Crippen LogP contribution in [0.15, 0.2) is 45.3 Å². The molecule has 0 radical (unpaired) electrons. The van der Waals surface area contributed by atoms with E-state index < -0.39 is 0 Å². The molecule has 2 aromatic rings. The van der Waals surface area contributed by atoms with Crippen LogP contribution in [0.25, 0.3) is 0 Å². The summed E-state index contributed by atoms with van der Waals surface area (Å²) in [6.07, 6.45) is 0. The zero-order valence-electron chi connectivity index (χ0n) is 10.6. The molecule has 0 aliphatic heterocycles. The van der Waals surface area contributed by atoms with Crippen LogP contribution in [0, 0.1) is 0 Å². The highest BCUT2D eigenvalue weighted by Gasteiger charge is 2.15. The van der Waals surface area contributed by atoms with Gasteiger partial charge in [0.05, 0.1) is 24.0 Å². The number of rotatable bonds is 3. The molecule has 1 amide bonds. The van der Waals surface area contributed by atoms with E-state index in [2.05, 4.69) is 37.2 Å². The average Bonchev–Trinajstić information content (AvgIpc) is 2.42. The van der Waals surface area contributed by atoms with E-state index in [1.54, 1.807) is 30.3 Å². The van der Waals surface area contributed by atoms with Crippen molar-refractivity contribution < 1.29 is 9.53 Å². The van der Waals surface area contributed by atoms with Gasteiger partial charge in [0.2, 0.25) is 0 Å². The zero-order chi connectivity index (χ0) is 14.7. The first-order valence-electron chi connectivity index (χ1n) is 5.72. The van der Waals surface area contributed by atoms with Gasteiger partial charge in [-0.25, -0.2) is 0 Å². The number of carbonyl (C=O) groups is 1. The molecule has 20 heavy (non-hydrogen) atoms. The standard InChI is InChI=1S/C14H12Br2N2O2/c1-20-12-5-3-2-4-9(12)14(19)18-13-10(16)6-8(15)7-11(13)17/h2-7H,17H2,1H3,(H,18,19). The fraction of sp³-hybridized carbons (Fsp3) is 0.0714. The van der Waals surface area contributed by atoms with Crippen molar-refractivity contribution >= 4 is 49.1 Å². The lowest BCUT2D eigenvalue weighted by Gasteiger charge is -2.12. The molecule has 0 unspecified atom stereocenters. The largest absolute Gasteiger partial charge is 0.496 e. The second-order valence-electron chi connectivity index (χ2n) is 4.01. The zero-order valence-corrected chi connectivity index (χ0v) is 13.8. The predicted octanol–water partition coefficient (Wildman–Crippen LogP) is 4.05. The van der Waals surface area contributed by atoms with Crippen molar-refractivity contribution in [1.29, 1.82) is 0 Å². The molecule has 3 N–H and O–H groups in total. The molecule has 0 spiro atoms. The molecule has 2 rings (SSSR count). The Bertz CT molecular complexity index is 636. The normalized spacial score (nSPS) is 10.2. The van der Waals surface area contributed by atoms with E-state index in [0.717, 1.165) is 4.47 Å². The minimum absolute atomic E-state index is 0.280. The summed E-state index contributed by atoms with van der Waals surface area (Å²) in [6, 6.07) is 10.5.